The molecule has 4 rings (SSSR count). The molecule has 0 unspecified atom stereocenters. The van der Waals surface area contributed by atoms with Crippen LogP contribution in [0.3, 0.4) is 0 Å². The number of rotatable bonds is 7. The van der Waals surface area contributed by atoms with Gasteiger partial charge in [-0.15, -0.1) is 0 Å². The topological polar surface area (TPSA) is 118 Å². The smallest absolute Gasteiger partial charge is 0.304 e. The van der Waals surface area contributed by atoms with E-state index in [1.807, 2.05) is 31.2 Å². The van der Waals surface area contributed by atoms with Gasteiger partial charge in [-0.1, -0.05) is 6.92 Å². The predicted molar refractivity (Wildman–Crippen MR) is 141 cm³/mol. The third-order valence-electron chi connectivity index (χ3n) is 6.66. The predicted octanol–water partition coefficient (Wildman–Crippen LogP) is 3.27. The highest BCUT2D eigenvalue weighted by Crippen LogP contribution is 2.38. The Morgan fingerprint density at radius 1 is 1.23 bits per heavy atom. The van der Waals surface area contributed by atoms with E-state index >= 15 is 0 Å². The molecular formula is C25H39N5O4S. The first-order valence-electron chi connectivity index (χ1n) is 12.1. The molecule has 2 aromatic rings. The third-order valence-corrected chi connectivity index (χ3v) is 8.11. The van der Waals surface area contributed by atoms with Crippen LogP contribution in [-0.4, -0.2) is 61.4 Å². The summed E-state index contributed by atoms with van der Waals surface area (Å²) in [5, 5.41) is 0. The lowest BCUT2D eigenvalue weighted by Crippen LogP contribution is -2.44. The van der Waals surface area contributed by atoms with Crippen molar-refractivity contribution in [3.63, 3.8) is 0 Å². The number of aromatic nitrogens is 1. The minimum absolute atomic E-state index is 0. The third kappa shape index (κ3) is 5.44. The monoisotopic (exact) mass is 505 g/mol. The highest BCUT2D eigenvalue weighted by molar-refractivity contribution is 7.87. The molecule has 0 spiro atoms. The van der Waals surface area contributed by atoms with E-state index in [0.29, 0.717) is 37.0 Å². The van der Waals surface area contributed by atoms with Gasteiger partial charge in [-0.25, -0.2) is 9.71 Å². The Bertz CT molecular complexity index is 1190. The minimum atomic E-state index is -4.00. The van der Waals surface area contributed by atoms with Crippen LogP contribution in [0.1, 0.15) is 53.7 Å². The largest absolute Gasteiger partial charge is 0.494 e. The zero-order valence-corrected chi connectivity index (χ0v) is 21.6. The summed E-state index contributed by atoms with van der Waals surface area (Å²) in [6.07, 6.45) is 1.51. The number of nitrogens with zero attached hydrogens (tertiary/aromatic N) is 3. The van der Waals surface area contributed by atoms with E-state index in [1.165, 1.54) is 4.31 Å². The second-order valence-electron chi connectivity index (χ2n) is 10.1. The van der Waals surface area contributed by atoms with Crippen LogP contribution in [-0.2, 0) is 10.2 Å². The summed E-state index contributed by atoms with van der Waals surface area (Å²) < 4.78 is 34.7. The molecular weight excluding hydrogens is 466 g/mol. The molecule has 2 atom stereocenters. The van der Waals surface area contributed by atoms with Crippen molar-refractivity contribution in [2.45, 2.75) is 52.1 Å². The van der Waals surface area contributed by atoms with Crippen molar-refractivity contribution in [1.82, 2.24) is 14.0 Å². The molecule has 1 amide bonds. The van der Waals surface area contributed by atoms with Gasteiger partial charge in [0.25, 0.3) is 5.91 Å². The number of amides is 1. The maximum absolute atomic E-state index is 13.3. The highest BCUT2D eigenvalue weighted by atomic mass is 32.2. The van der Waals surface area contributed by atoms with Gasteiger partial charge in [0.15, 0.2) is 0 Å². The fourth-order valence-electron chi connectivity index (χ4n) is 5.05. The van der Waals surface area contributed by atoms with Gasteiger partial charge in [0.05, 0.1) is 17.9 Å². The van der Waals surface area contributed by atoms with E-state index in [2.05, 4.69) is 30.4 Å². The van der Waals surface area contributed by atoms with Crippen molar-refractivity contribution in [2.75, 3.05) is 31.1 Å². The summed E-state index contributed by atoms with van der Waals surface area (Å²) in [6.45, 7) is 10.1. The Morgan fingerprint density at radius 3 is 2.51 bits per heavy atom. The van der Waals surface area contributed by atoms with Crippen LogP contribution in [0.2, 0.25) is 0 Å². The molecule has 0 radical (unpaired) electrons. The van der Waals surface area contributed by atoms with Crippen LogP contribution in [0.5, 0.6) is 5.75 Å². The standard InChI is InChI=1S/C25H35N5O4S.2H2/c1-5-34-20-8-6-18(7-9-20)22-11-10-21(23(27-22)30-15-17(2)14-25(30,3)4)24(31)28-35(32,33)29-13-12-19(26)16-29;;/h6-11,17,19H,5,12-16,26H2,1-4H3,(H,28,31);2*1H/t17-,19-;;/m0../s1. The fraction of sp³-hybridized carbons (Fsp3) is 0.520. The van der Waals surface area contributed by atoms with Crippen LogP contribution >= 0.6 is 0 Å². The first-order valence-corrected chi connectivity index (χ1v) is 13.5. The fourth-order valence-corrected chi connectivity index (χ4v) is 6.26. The van der Waals surface area contributed by atoms with Crippen molar-refractivity contribution < 1.29 is 20.8 Å². The van der Waals surface area contributed by atoms with Gasteiger partial charge in [0.2, 0.25) is 0 Å². The van der Waals surface area contributed by atoms with Crippen LogP contribution in [0.15, 0.2) is 36.4 Å². The van der Waals surface area contributed by atoms with Gasteiger partial charge in [0, 0.05) is 39.6 Å². The minimum Gasteiger partial charge on any atom is -0.494 e. The molecule has 1 aromatic heterocycles. The van der Waals surface area contributed by atoms with Crippen molar-refractivity contribution in [2.24, 2.45) is 11.7 Å². The van der Waals surface area contributed by atoms with Gasteiger partial charge in [-0.05, 0) is 75.9 Å². The molecule has 0 saturated carbocycles. The number of carbonyl (C=O) groups is 1. The van der Waals surface area contributed by atoms with Crippen LogP contribution in [0, 0.1) is 5.92 Å². The van der Waals surface area contributed by atoms with E-state index in [9.17, 15) is 13.2 Å². The molecule has 10 heteroatoms. The van der Waals surface area contributed by atoms with Crippen molar-refractivity contribution in [3.8, 4) is 17.0 Å². The number of benzene rings is 1. The van der Waals surface area contributed by atoms with Gasteiger partial charge < -0.3 is 15.4 Å². The summed E-state index contributed by atoms with van der Waals surface area (Å²) in [6, 6.07) is 10.8. The summed E-state index contributed by atoms with van der Waals surface area (Å²) in [4.78, 5) is 20.3. The second kappa shape index (κ2) is 9.75. The van der Waals surface area contributed by atoms with E-state index < -0.39 is 16.1 Å². The molecule has 194 valence electrons. The first-order chi connectivity index (χ1) is 16.5. The molecule has 2 aliphatic rings. The molecule has 9 nitrogen and oxygen atoms in total. The maximum atomic E-state index is 13.3. The number of ether oxygens (including phenoxy) is 1. The number of hydrogen-bond donors (Lipinski definition) is 2. The zero-order chi connectivity index (χ0) is 25.4. The lowest BCUT2D eigenvalue weighted by molar-refractivity contribution is 0.0979. The average molecular weight is 506 g/mol. The van der Waals surface area contributed by atoms with Crippen LogP contribution < -0.4 is 20.1 Å². The Hall–Kier alpha value is -2.69. The molecule has 35 heavy (non-hydrogen) atoms. The lowest BCUT2D eigenvalue weighted by Gasteiger charge is -2.34. The molecule has 2 aliphatic heterocycles. The first kappa shape index (κ1) is 25.4. The number of nitrogens with one attached hydrogen (secondary N) is 1. The lowest BCUT2D eigenvalue weighted by atomic mass is 9.97. The number of pyridine rings is 1. The maximum Gasteiger partial charge on any atom is 0.304 e. The Morgan fingerprint density at radius 2 is 1.94 bits per heavy atom. The molecule has 3 heterocycles. The molecule has 2 fully saturated rings. The quantitative estimate of drug-likeness (QED) is 0.593. The van der Waals surface area contributed by atoms with Gasteiger partial charge >= 0.3 is 10.2 Å². The summed E-state index contributed by atoms with van der Waals surface area (Å²) in [5.74, 6) is 0.971. The summed E-state index contributed by atoms with van der Waals surface area (Å²) in [5.41, 5.74) is 7.44. The van der Waals surface area contributed by atoms with Gasteiger partial charge in [0.1, 0.15) is 11.6 Å². The number of hydrogen-bond acceptors (Lipinski definition) is 7. The average Bonchev–Trinajstić information content (AvgIpc) is 3.35. The number of carbonyl (C=O) groups excluding carboxylic acids is 1. The van der Waals surface area contributed by atoms with Crippen molar-refractivity contribution in [1.29, 1.82) is 0 Å². The SMILES string of the molecule is CCOc1ccc(-c2ccc(C(=O)NS(=O)(=O)N3CC[C@H](N)C3)c(N3C[C@@H](C)CC3(C)C)n2)cc1.[HH].[HH]. The van der Waals surface area contributed by atoms with E-state index in [1.54, 1.807) is 12.1 Å². The second-order valence-corrected chi connectivity index (χ2v) is 11.8. The van der Waals surface area contributed by atoms with Crippen LogP contribution in [0.25, 0.3) is 11.3 Å². The Balaban J connectivity index is 0.00000241. The normalized spacial score (nSPS) is 22.4. The van der Waals surface area contributed by atoms with Crippen LogP contribution in [0.4, 0.5) is 5.82 Å². The summed E-state index contributed by atoms with van der Waals surface area (Å²) >= 11 is 0. The molecule has 0 aliphatic carbocycles. The van der Waals surface area contributed by atoms with Gasteiger partial charge in [-0.2, -0.15) is 12.7 Å². The zero-order valence-electron chi connectivity index (χ0n) is 20.8. The Kier molecular flexibility index (Phi) is 7.08. The van der Waals surface area contributed by atoms with E-state index in [0.717, 1.165) is 24.3 Å². The number of nitrogens with two attached hydrogens (primary N) is 1. The van der Waals surface area contributed by atoms with Crippen molar-refractivity contribution >= 4 is 21.9 Å². The molecule has 0 bridgehead atoms. The molecule has 2 saturated heterocycles. The van der Waals surface area contributed by atoms with E-state index in [4.69, 9.17) is 15.5 Å². The van der Waals surface area contributed by atoms with Crippen molar-refractivity contribution in [3.05, 3.63) is 42.0 Å². The molecule has 1 aromatic carbocycles. The van der Waals surface area contributed by atoms with Gasteiger partial charge in [-0.3, -0.25) is 4.79 Å². The summed E-state index contributed by atoms with van der Waals surface area (Å²) in [7, 11) is -4.00. The number of anilines is 1. The molecule has 3 N–H and O–H groups in total. The van der Waals surface area contributed by atoms with E-state index in [-0.39, 0.29) is 26.5 Å². The highest BCUT2D eigenvalue weighted by Gasteiger charge is 2.39. The Labute approximate surface area is 210 Å².